The molecule has 4 rings (SSSR count). The van der Waals surface area contributed by atoms with Crippen molar-refractivity contribution in [2.75, 3.05) is 14.2 Å². The van der Waals surface area contributed by atoms with Crippen molar-refractivity contribution in [2.45, 2.75) is 0 Å². The molecule has 1 aromatic heterocycles. The van der Waals surface area contributed by atoms with Crippen LogP contribution in [0.15, 0.2) is 75.0 Å². The number of benzene rings is 2. The van der Waals surface area contributed by atoms with Crippen LogP contribution in [0.4, 0.5) is 5.69 Å². The van der Waals surface area contributed by atoms with Crippen molar-refractivity contribution in [3.05, 3.63) is 81.9 Å². The fourth-order valence-electron chi connectivity index (χ4n) is 2.94. The Morgan fingerprint density at radius 2 is 1.97 bits per heavy atom. The summed E-state index contributed by atoms with van der Waals surface area (Å²) in [7, 11) is 2.97. The normalized spacial score (nSPS) is 16.4. The van der Waals surface area contributed by atoms with E-state index in [2.05, 4.69) is 4.99 Å². The van der Waals surface area contributed by atoms with Crippen molar-refractivity contribution in [3.63, 3.8) is 0 Å². The zero-order valence-corrected chi connectivity index (χ0v) is 18.2. The maximum absolute atomic E-state index is 12.7. The Morgan fingerprint density at radius 3 is 2.74 bits per heavy atom. The molecule has 3 aromatic rings. The highest BCUT2D eigenvalue weighted by Gasteiger charge is 2.30. The molecule has 0 bridgehead atoms. The second kappa shape index (κ2) is 8.83. The number of amides is 1. The highest BCUT2D eigenvalue weighted by molar-refractivity contribution is 8.18. The van der Waals surface area contributed by atoms with E-state index in [1.807, 2.05) is 24.3 Å². The molecular weight excluding hydrogens is 436 g/mol. The van der Waals surface area contributed by atoms with E-state index < -0.39 is 5.97 Å². The van der Waals surface area contributed by atoms with Crippen LogP contribution in [-0.2, 0) is 9.53 Å². The van der Waals surface area contributed by atoms with Gasteiger partial charge < -0.3 is 9.15 Å². The van der Waals surface area contributed by atoms with Crippen LogP contribution in [0.5, 0.6) is 0 Å². The lowest BCUT2D eigenvalue weighted by Crippen LogP contribution is -2.23. The molecule has 0 unspecified atom stereocenters. The van der Waals surface area contributed by atoms with Gasteiger partial charge in [0.2, 0.25) is 0 Å². The van der Waals surface area contributed by atoms with Gasteiger partial charge in [-0.1, -0.05) is 29.8 Å². The van der Waals surface area contributed by atoms with Crippen LogP contribution in [0.2, 0.25) is 5.02 Å². The number of hydrogen-bond acceptors (Lipinski definition) is 6. The SMILES string of the molecule is COC(=O)c1cccc(N=C2SC(=Cc3ccc(-c4cccc(Cl)c4)o3)C(=O)N2C)c1. The molecule has 0 atom stereocenters. The highest BCUT2D eigenvalue weighted by atomic mass is 35.5. The molecule has 6 nitrogen and oxygen atoms in total. The molecule has 1 aliphatic rings. The van der Waals surface area contributed by atoms with Gasteiger partial charge in [-0.25, -0.2) is 9.79 Å². The number of furan rings is 1. The van der Waals surface area contributed by atoms with Gasteiger partial charge in [0.25, 0.3) is 5.91 Å². The summed E-state index contributed by atoms with van der Waals surface area (Å²) in [5, 5.41) is 1.12. The first-order valence-electron chi connectivity index (χ1n) is 9.25. The lowest BCUT2D eigenvalue weighted by molar-refractivity contribution is -0.121. The first-order chi connectivity index (χ1) is 14.9. The second-order valence-electron chi connectivity index (χ2n) is 6.62. The number of hydrogen-bond donors (Lipinski definition) is 0. The van der Waals surface area contributed by atoms with Crippen molar-refractivity contribution >= 4 is 52.2 Å². The number of carbonyl (C=O) groups is 2. The van der Waals surface area contributed by atoms with Gasteiger partial charge in [0.1, 0.15) is 11.5 Å². The Balaban J connectivity index is 1.58. The fraction of sp³-hybridized carbons (Fsp3) is 0.0870. The van der Waals surface area contributed by atoms with E-state index in [0.717, 1.165) is 5.56 Å². The third-order valence-electron chi connectivity index (χ3n) is 4.50. The molecule has 0 radical (unpaired) electrons. The minimum atomic E-state index is -0.445. The lowest BCUT2D eigenvalue weighted by atomic mass is 10.2. The Labute approximate surface area is 188 Å². The number of ether oxygens (including phenoxy) is 1. The zero-order valence-electron chi connectivity index (χ0n) is 16.7. The largest absolute Gasteiger partial charge is 0.465 e. The average Bonchev–Trinajstić information content (AvgIpc) is 3.34. The summed E-state index contributed by atoms with van der Waals surface area (Å²) in [5.41, 5.74) is 1.79. The predicted octanol–water partition coefficient (Wildman–Crippen LogP) is 5.62. The van der Waals surface area contributed by atoms with Gasteiger partial charge in [-0.15, -0.1) is 0 Å². The van der Waals surface area contributed by atoms with Crippen molar-refractivity contribution in [1.82, 2.24) is 4.90 Å². The van der Waals surface area contributed by atoms with Gasteiger partial charge >= 0.3 is 5.97 Å². The van der Waals surface area contributed by atoms with E-state index in [1.165, 1.54) is 23.8 Å². The molecule has 1 saturated heterocycles. The molecule has 156 valence electrons. The van der Waals surface area contributed by atoms with Crippen LogP contribution in [0.3, 0.4) is 0 Å². The third kappa shape index (κ3) is 4.57. The van der Waals surface area contributed by atoms with E-state index in [1.54, 1.807) is 49.5 Å². The Bertz CT molecular complexity index is 1230. The first kappa shape index (κ1) is 21.0. The van der Waals surface area contributed by atoms with Gasteiger partial charge in [-0.05, 0) is 54.2 Å². The number of halogens is 1. The quantitative estimate of drug-likeness (QED) is 0.379. The summed E-state index contributed by atoms with van der Waals surface area (Å²) in [5.74, 6) is 0.577. The summed E-state index contributed by atoms with van der Waals surface area (Å²) >= 11 is 7.28. The van der Waals surface area contributed by atoms with Crippen LogP contribution >= 0.6 is 23.4 Å². The van der Waals surface area contributed by atoms with Crippen molar-refractivity contribution in [2.24, 2.45) is 4.99 Å². The number of aliphatic imine (C=N–C) groups is 1. The van der Waals surface area contributed by atoms with Gasteiger partial charge in [0.15, 0.2) is 5.17 Å². The maximum atomic E-state index is 12.7. The number of esters is 1. The summed E-state index contributed by atoms with van der Waals surface area (Å²) in [6, 6.07) is 17.7. The van der Waals surface area contributed by atoms with E-state index in [0.29, 0.717) is 37.9 Å². The van der Waals surface area contributed by atoms with Crippen LogP contribution < -0.4 is 0 Å². The standard InChI is InChI=1S/C23H17ClN2O4S/c1-26-21(27)20(13-18-9-10-19(30-18)14-5-3-7-16(24)11-14)31-23(26)25-17-8-4-6-15(12-17)22(28)29-2/h3-13H,1-2H3. The van der Waals surface area contributed by atoms with Crippen LogP contribution in [0.1, 0.15) is 16.1 Å². The van der Waals surface area contributed by atoms with Crippen LogP contribution in [0.25, 0.3) is 17.4 Å². The predicted molar refractivity (Wildman–Crippen MR) is 122 cm³/mol. The van der Waals surface area contributed by atoms with E-state index >= 15 is 0 Å². The van der Waals surface area contributed by atoms with Gasteiger partial charge in [0.05, 0.1) is 23.3 Å². The summed E-state index contributed by atoms with van der Waals surface area (Å²) in [6.07, 6.45) is 1.69. The molecule has 0 aliphatic carbocycles. The first-order valence-corrected chi connectivity index (χ1v) is 10.4. The summed E-state index contributed by atoms with van der Waals surface area (Å²) in [6.45, 7) is 0. The van der Waals surface area contributed by atoms with Crippen molar-refractivity contribution in [1.29, 1.82) is 0 Å². The fourth-order valence-corrected chi connectivity index (χ4v) is 4.10. The number of carbonyl (C=O) groups excluding carboxylic acids is 2. The molecular formula is C23H17ClN2O4S. The Hall–Kier alpha value is -3.29. The van der Waals surface area contributed by atoms with Gasteiger partial charge in [0, 0.05) is 23.7 Å². The minimum absolute atomic E-state index is 0.187. The van der Waals surface area contributed by atoms with Crippen LogP contribution in [0, 0.1) is 0 Å². The molecule has 1 amide bonds. The molecule has 0 N–H and O–H groups in total. The van der Waals surface area contributed by atoms with E-state index in [4.69, 9.17) is 20.8 Å². The van der Waals surface area contributed by atoms with Gasteiger partial charge in [-0.2, -0.15) is 0 Å². The molecule has 31 heavy (non-hydrogen) atoms. The van der Waals surface area contributed by atoms with Crippen molar-refractivity contribution in [3.8, 4) is 11.3 Å². The summed E-state index contributed by atoms with van der Waals surface area (Å²) < 4.78 is 10.6. The smallest absolute Gasteiger partial charge is 0.337 e. The molecule has 1 fully saturated rings. The molecule has 0 saturated carbocycles. The molecule has 2 aromatic carbocycles. The third-order valence-corrected chi connectivity index (χ3v) is 5.80. The van der Waals surface area contributed by atoms with E-state index in [-0.39, 0.29) is 5.91 Å². The number of likely N-dealkylation sites (N-methyl/N-ethyl adjacent to an activating group) is 1. The maximum Gasteiger partial charge on any atom is 0.337 e. The number of thioether (sulfide) groups is 1. The molecule has 0 spiro atoms. The average molecular weight is 453 g/mol. The molecule has 2 heterocycles. The molecule has 8 heteroatoms. The van der Waals surface area contributed by atoms with E-state index in [9.17, 15) is 9.59 Å². The summed E-state index contributed by atoms with van der Waals surface area (Å²) in [4.78, 5) is 30.9. The minimum Gasteiger partial charge on any atom is -0.465 e. The second-order valence-corrected chi connectivity index (χ2v) is 8.07. The number of amidine groups is 1. The highest BCUT2D eigenvalue weighted by Crippen LogP contribution is 2.34. The number of methoxy groups -OCH3 is 1. The van der Waals surface area contributed by atoms with Crippen molar-refractivity contribution < 1.29 is 18.7 Å². The van der Waals surface area contributed by atoms with Gasteiger partial charge in [-0.3, -0.25) is 9.69 Å². The number of nitrogens with zero attached hydrogens (tertiary/aromatic N) is 2. The topological polar surface area (TPSA) is 72.1 Å². The zero-order chi connectivity index (χ0) is 22.0. The number of rotatable bonds is 4. The molecule has 1 aliphatic heterocycles. The Morgan fingerprint density at radius 1 is 1.16 bits per heavy atom. The Kier molecular flexibility index (Phi) is 5.97. The lowest BCUT2D eigenvalue weighted by Gasteiger charge is -2.07. The van der Waals surface area contributed by atoms with Crippen LogP contribution in [-0.4, -0.2) is 36.1 Å². The monoisotopic (exact) mass is 452 g/mol.